The summed E-state index contributed by atoms with van der Waals surface area (Å²) < 4.78 is 29.2. The molecule has 2 heterocycles. The zero-order chi connectivity index (χ0) is 14.2. The highest BCUT2D eigenvalue weighted by Crippen LogP contribution is 2.37. The van der Waals surface area contributed by atoms with Gasteiger partial charge in [-0.1, -0.05) is 25.1 Å². The molecule has 1 N–H and O–H groups in total. The Balaban J connectivity index is 1.58. The van der Waals surface area contributed by atoms with Gasteiger partial charge in [0.2, 0.25) is 0 Å². The van der Waals surface area contributed by atoms with Gasteiger partial charge in [-0.15, -0.1) is 0 Å². The van der Waals surface area contributed by atoms with Gasteiger partial charge < -0.3 is 10.1 Å². The van der Waals surface area contributed by atoms with Gasteiger partial charge in [0.1, 0.15) is 11.9 Å². The molecule has 1 aromatic rings. The smallest absolute Gasteiger partial charge is 0.151 e. The minimum absolute atomic E-state index is 0.0771. The van der Waals surface area contributed by atoms with Crippen molar-refractivity contribution in [2.24, 2.45) is 0 Å². The lowest BCUT2D eigenvalue weighted by atomic mass is 9.97. The molecule has 0 amide bonds. The quantitative estimate of drug-likeness (QED) is 0.922. The fourth-order valence-electron chi connectivity index (χ4n) is 3.11. The molecule has 5 heteroatoms. The van der Waals surface area contributed by atoms with Crippen LogP contribution in [-0.2, 0) is 9.84 Å². The van der Waals surface area contributed by atoms with Crippen LogP contribution in [0.5, 0.6) is 5.75 Å². The van der Waals surface area contributed by atoms with Crippen LogP contribution in [0.1, 0.15) is 31.2 Å². The molecule has 0 aromatic heterocycles. The van der Waals surface area contributed by atoms with E-state index in [2.05, 4.69) is 18.3 Å². The van der Waals surface area contributed by atoms with E-state index in [0.29, 0.717) is 18.2 Å². The monoisotopic (exact) mass is 295 g/mol. The average molecular weight is 295 g/mol. The van der Waals surface area contributed by atoms with E-state index in [0.717, 1.165) is 18.6 Å². The predicted octanol–water partition coefficient (Wildman–Crippen LogP) is 1.72. The second-order valence-corrected chi connectivity index (χ2v) is 8.07. The molecular weight excluding hydrogens is 274 g/mol. The molecule has 0 aliphatic carbocycles. The fraction of sp³-hybridized carbons (Fsp3) is 0.600. The lowest BCUT2D eigenvalue weighted by Gasteiger charge is -2.25. The number of hydrogen-bond acceptors (Lipinski definition) is 4. The molecule has 2 aliphatic heterocycles. The first-order chi connectivity index (χ1) is 9.55. The third kappa shape index (κ3) is 2.83. The molecule has 4 nitrogen and oxygen atoms in total. The first kappa shape index (κ1) is 13.9. The summed E-state index contributed by atoms with van der Waals surface area (Å²) in [7, 11) is -2.85. The van der Waals surface area contributed by atoms with Crippen molar-refractivity contribution in [2.75, 3.05) is 18.1 Å². The summed E-state index contributed by atoms with van der Waals surface area (Å²) in [6, 6.07) is 8.19. The average Bonchev–Trinajstić information content (AvgIpc) is 2.73. The Morgan fingerprint density at radius 1 is 1.35 bits per heavy atom. The molecule has 20 heavy (non-hydrogen) atoms. The minimum atomic E-state index is -2.85. The number of fused-ring (bicyclic) bond motifs is 1. The normalized spacial score (nSPS) is 31.6. The van der Waals surface area contributed by atoms with E-state index in [4.69, 9.17) is 4.74 Å². The van der Waals surface area contributed by atoms with E-state index in [-0.39, 0.29) is 17.9 Å². The third-order valence-electron chi connectivity index (χ3n) is 4.32. The van der Waals surface area contributed by atoms with Gasteiger partial charge in [0.05, 0.1) is 11.5 Å². The van der Waals surface area contributed by atoms with Crippen LogP contribution in [0, 0.1) is 0 Å². The van der Waals surface area contributed by atoms with Crippen molar-refractivity contribution in [3.63, 3.8) is 0 Å². The summed E-state index contributed by atoms with van der Waals surface area (Å²) in [6.07, 6.45) is 1.80. The molecule has 1 unspecified atom stereocenters. The molecule has 3 rings (SSSR count). The Morgan fingerprint density at radius 2 is 2.15 bits per heavy atom. The lowest BCUT2D eigenvalue weighted by Crippen LogP contribution is -2.44. The highest BCUT2D eigenvalue weighted by atomic mass is 32.2. The lowest BCUT2D eigenvalue weighted by molar-refractivity contribution is 0.200. The number of sulfone groups is 1. The van der Waals surface area contributed by atoms with Crippen molar-refractivity contribution in [2.45, 2.75) is 37.8 Å². The molecule has 0 bridgehead atoms. The number of rotatable bonds is 3. The number of para-hydroxylation sites is 1. The van der Waals surface area contributed by atoms with E-state index >= 15 is 0 Å². The second kappa shape index (κ2) is 5.37. The van der Waals surface area contributed by atoms with Crippen molar-refractivity contribution >= 4 is 9.84 Å². The standard InChI is InChI=1S/C15H21NO3S/c1-11-13-6-2-3-7-14(13)19-15(11)9-16-12-5-4-8-20(17,18)10-12/h2-3,6-7,11-12,15-16H,4-5,8-10H2,1H3/t11-,12?,15-/m1/s1. The van der Waals surface area contributed by atoms with Crippen molar-refractivity contribution in [3.05, 3.63) is 29.8 Å². The molecule has 1 saturated heterocycles. The summed E-state index contributed by atoms with van der Waals surface area (Å²) in [5, 5.41) is 3.38. The molecule has 0 saturated carbocycles. The molecule has 110 valence electrons. The van der Waals surface area contributed by atoms with Crippen LogP contribution >= 0.6 is 0 Å². The SMILES string of the molecule is C[C@@H]1c2ccccc2O[C@@H]1CNC1CCCS(=O)(=O)C1. The van der Waals surface area contributed by atoms with Crippen LogP contribution < -0.4 is 10.1 Å². The molecule has 1 fully saturated rings. The van der Waals surface area contributed by atoms with Crippen molar-refractivity contribution in [1.82, 2.24) is 5.32 Å². The van der Waals surface area contributed by atoms with E-state index in [1.54, 1.807) is 0 Å². The van der Waals surface area contributed by atoms with Gasteiger partial charge in [-0.25, -0.2) is 8.42 Å². The molecule has 0 spiro atoms. The van der Waals surface area contributed by atoms with Crippen molar-refractivity contribution < 1.29 is 13.2 Å². The van der Waals surface area contributed by atoms with Gasteiger partial charge >= 0.3 is 0 Å². The highest BCUT2D eigenvalue weighted by molar-refractivity contribution is 7.91. The Morgan fingerprint density at radius 3 is 2.90 bits per heavy atom. The summed E-state index contributed by atoms with van der Waals surface area (Å²) in [4.78, 5) is 0. The maximum absolute atomic E-state index is 11.6. The van der Waals surface area contributed by atoms with Gasteiger partial charge in [-0.3, -0.25) is 0 Å². The van der Waals surface area contributed by atoms with Gasteiger partial charge in [0.15, 0.2) is 9.84 Å². The maximum Gasteiger partial charge on any atom is 0.151 e. The summed E-state index contributed by atoms with van der Waals surface area (Å²) in [6.45, 7) is 2.87. The largest absolute Gasteiger partial charge is 0.488 e. The highest BCUT2D eigenvalue weighted by Gasteiger charge is 2.32. The Kier molecular flexibility index (Phi) is 3.73. The van der Waals surface area contributed by atoms with Crippen LogP contribution in [0.25, 0.3) is 0 Å². The molecule has 2 aliphatic rings. The molecule has 3 atom stereocenters. The first-order valence-electron chi connectivity index (χ1n) is 7.24. The zero-order valence-corrected chi connectivity index (χ0v) is 12.5. The van der Waals surface area contributed by atoms with Gasteiger partial charge in [-0.05, 0) is 18.9 Å². The molecule has 1 aromatic carbocycles. The fourth-order valence-corrected chi connectivity index (χ4v) is 4.79. The van der Waals surface area contributed by atoms with E-state index in [1.807, 2.05) is 18.2 Å². The van der Waals surface area contributed by atoms with Crippen LogP contribution in [0.2, 0.25) is 0 Å². The minimum Gasteiger partial charge on any atom is -0.488 e. The number of hydrogen-bond donors (Lipinski definition) is 1. The van der Waals surface area contributed by atoms with E-state index in [9.17, 15) is 8.42 Å². The van der Waals surface area contributed by atoms with Gasteiger partial charge in [-0.2, -0.15) is 0 Å². The molecular formula is C15H21NO3S. The maximum atomic E-state index is 11.6. The van der Waals surface area contributed by atoms with Crippen LogP contribution in [-0.4, -0.2) is 38.6 Å². The predicted molar refractivity (Wildman–Crippen MR) is 79.0 cm³/mol. The van der Waals surface area contributed by atoms with E-state index in [1.165, 1.54) is 5.56 Å². The van der Waals surface area contributed by atoms with Crippen LogP contribution in [0.15, 0.2) is 24.3 Å². The number of nitrogens with one attached hydrogen (secondary N) is 1. The van der Waals surface area contributed by atoms with Gasteiger partial charge in [0.25, 0.3) is 0 Å². The molecule has 0 radical (unpaired) electrons. The first-order valence-corrected chi connectivity index (χ1v) is 9.07. The zero-order valence-electron chi connectivity index (χ0n) is 11.7. The Hall–Kier alpha value is -1.07. The Bertz CT molecular complexity index is 585. The topological polar surface area (TPSA) is 55.4 Å². The van der Waals surface area contributed by atoms with Crippen molar-refractivity contribution in [3.8, 4) is 5.75 Å². The van der Waals surface area contributed by atoms with Crippen LogP contribution in [0.4, 0.5) is 0 Å². The third-order valence-corrected chi connectivity index (χ3v) is 6.14. The number of benzene rings is 1. The Labute approximate surface area is 120 Å². The summed E-state index contributed by atoms with van der Waals surface area (Å²) in [5.41, 5.74) is 1.25. The van der Waals surface area contributed by atoms with Gasteiger partial charge in [0, 0.05) is 24.1 Å². The summed E-state index contributed by atoms with van der Waals surface area (Å²) in [5.74, 6) is 1.91. The summed E-state index contributed by atoms with van der Waals surface area (Å²) >= 11 is 0. The number of ether oxygens (including phenoxy) is 1. The second-order valence-electron chi connectivity index (χ2n) is 5.84. The van der Waals surface area contributed by atoms with Crippen LogP contribution in [0.3, 0.4) is 0 Å². The van der Waals surface area contributed by atoms with Crippen molar-refractivity contribution in [1.29, 1.82) is 0 Å². The van der Waals surface area contributed by atoms with E-state index < -0.39 is 9.84 Å².